The molecule has 0 saturated carbocycles. The van der Waals surface area contributed by atoms with Crippen LogP contribution in [0.25, 0.3) is 0 Å². The summed E-state index contributed by atoms with van der Waals surface area (Å²) in [7, 11) is 1.25. The van der Waals surface area contributed by atoms with Gasteiger partial charge in [-0.05, 0) is 11.4 Å². The molecule has 0 spiro atoms. The molecule has 1 atom stereocenters. The Morgan fingerprint density at radius 2 is 2.31 bits per heavy atom. The second-order valence-electron chi connectivity index (χ2n) is 2.82. The minimum absolute atomic E-state index is 0. The fraction of sp³-hybridized carbons (Fsp3) is 0.333. The predicted octanol–water partition coefficient (Wildman–Crippen LogP) is 0.400. The molecule has 0 saturated heterocycles. The van der Waals surface area contributed by atoms with E-state index in [1.807, 2.05) is 0 Å². The van der Waals surface area contributed by atoms with Crippen LogP contribution in [0.5, 0.6) is 0 Å². The van der Waals surface area contributed by atoms with Crippen LogP contribution in [-0.2, 0) is 9.53 Å². The van der Waals surface area contributed by atoms with Crippen LogP contribution in [0, 0.1) is 0 Å². The van der Waals surface area contributed by atoms with Gasteiger partial charge in [-0.25, -0.2) is 0 Å². The molecule has 0 aliphatic heterocycles. The predicted molar refractivity (Wildman–Crippen MR) is 63.9 cm³/mol. The molecule has 0 bridgehead atoms. The number of rotatable bonds is 4. The van der Waals surface area contributed by atoms with E-state index in [2.05, 4.69) is 10.1 Å². The van der Waals surface area contributed by atoms with Crippen molar-refractivity contribution in [1.29, 1.82) is 0 Å². The van der Waals surface area contributed by atoms with Crippen LogP contribution in [0.2, 0.25) is 0 Å². The molecule has 3 N–H and O–H groups in total. The summed E-state index contributed by atoms with van der Waals surface area (Å²) in [6, 6.07) is 2.66. The Morgan fingerprint density at radius 3 is 2.81 bits per heavy atom. The Kier molecular flexibility index (Phi) is 6.71. The molecule has 1 aromatic heterocycles. The average Bonchev–Trinajstić information content (AvgIpc) is 2.77. The van der Waals surface area contributed by atoms with Crippen LogP contribution in [-0.4, -0.2) is 31.6 Å². The molecule has 1 amide bonds. The van der Waals surface area contributed by atoms with Crippen LogP contribution in [0.15, 0.2) is 17.5 Å². The molecular formula is C9H13ClN2O3S. The molecule has 0 aromatic carbocycles. The quantitative estimate of drug-likeness (QED) is 0.772. The van der Waals surface area contributed by atoms with Gasteiger partial charge in [0.1, 0.15) is 6.04 Å². The average molecular weight is 265 g/mol. The van der Waals surface area contributed by atoms with Crippen LogP contribution >= 0.6 is 23.7 Å². The molecule has 1 heterocycles. The van der Waals surface area contributed by atoms with E-state index < -0.39 is 12.0 Å². The van der Waals surface area contributed by atoms with Gasteiger partial charge in [-0.1, -0.05) is 6.07 Å². The van der Waals surface area contributed by atoms with Crippen molar-refractivity contribution in [2.45, 2.75) is 6.04 Å². The fourth-order valence-corrected chi connectivity index (χ4v) is 1.57. The van der Waals surface area contributed by atoms with E-state index in [0.29, 0.717) is 4.88 Å². The third kappa shape index (κ3) is 4.18. The first-order valence-corrected chi connectivity index (χ1v) is 5.18. The molecule has 0 aliphatic rings. The lowest BCUT2D eigenvalue weighted by Gasteiger charge is -2.09. The highest BCUT2D eigenvalue weighted by molar-refractivity contribution is 7.12. The highest BCUT2D eigenvalue weighted by Gasteiger charge is 2.15. The number of hydrogen-bond donors (Lipinski definition) is 2. The maximum Gasteiger partial charge on any atom is 0.324 e. The molecule has 0 aliphatic carbocycles. The molecule has 0 radical (unpaired) electrons. The maximum atomic E-state index is 11.4. The van der Waals surface area contributed by atoms with Crippen LogP contribution in [0.4, 0.5) is 0 Å². The Labute approximate surface area is 103 Å². The Bertz CT molecular complexity index is 343. The number of nitrogens with two attached hydrogens (primary N) is 1. The van der Waals surface area contributed by atoms with Crippen LogP contribution in [0.3, 0.4) is 0 Å². The first-order valence-electron chi connectivity index (χ1n) is 4.30. The van der Waals surface area contributed by atoms with Gasteiger partial charge in [0.05, 0.1) is 12.0 Å². The van der Waals surface area contributed by atoms with E-state index in [-0.39, 0.29) is 24.9 Å². The maximum absolute atomic E-state index is 11.4. The van der Waals surface area contributed by atoms with Gasteiger partial charge in [0.2, 0.25) is 0 Å². The molecule has 16 heavy (non-hydrogen) atoms. The van der Waals surface area contributed by atoms with Gasteiger partial charge in [0, 0.05) is 6.54 Å². The molecular weight excluding hydrogens is 252 g/mol. The summed E-state index contributed by atoms with van der Waals surface area (Å²) in [5.74, 6) is -0.772. The smallest absolute Gasteiger partial charge is 0.324 e. The third-order valence-electron chi connectivity index (χ3n) is 1.73. The van der Waals surface area contributed by atoms with E-state index in [1.54, 1.807) is 17.5 Å². The van der Waals surface area contributed by atoms with Gasteiger partial charge < -0.3 is 15.8 Å². The van der Waals surface area contributed by atoms with Gasteiger partial charge in [0.25, 0.3) is 5.91 Å². The van der Waals surface area contributed by atoms with Gasteiger partial charge in [-0.2, -0.15) is 0 Å². The Morgan fingerprint density at radius 1 is 1.62 bits per heavy atom. The third-order valence-corrected chi connectivity index (χ3v) is 2.60. The Balaban J connectivity index is 0.00000225. The van der Waals surface area contributed by atoms with Gasteiger partial charge in [0.15, 0.2) is 0 Å². The van der Waals surface area contributed by atoms with Crippen LogP contribution < -0.4 is 11.1 Å². The van der Waals surface area contributed by atoms with Crippen molar-refractivity contribution in [3.05, 3.63) is 22.4 Å². The largest absolute Gasteiger partial charge is 0.468 e. The number of ether oxygens (including phenoxy) is 1. The molecule has 1 aromatic rings. The van der Waals surface area contributed by atoms with Crippen molar-refractivity contribution in [1.82, 2.24) is 5.32 Å². The van der Waals surface area contributed by atoms with Crippen molar-refractivity contribution in [3.8, 4) is 0 Å². The summed E-state index contributed by atoms with van der Waals surface area (Å²) in [6.45, 7) is 0.0728. The van der Waals surface area contributed by atoms with E-state index in [0.717, 1.165) is 0 Å². The highest BCUT2D eigenvalue weighted by Crippen LogP contribution is 2.07. The van der Waals surface area contributed by atoms with Gasteiger partial charge in [-0.3, -0.25) is 9.59 Å². The van der Waals surface area contributed by atoms with E-state index in [1.165, 1.54) is 18.4 Å². The zero-order valence-electron chi connectivity index (χ0n) is 8.64. The molecule has 0 fully saturated rings. The first kappa shape index (κ1) is 14.9. The summed E-state index contributed by atoms with van der Waals surface area (Å²) >= 11 is 1.33. The van der Waals surface area contributed by atoms with Crippen molar-refractivity contribution in [2.75, 3.05) is 13.7 Å². The SMILES string of the molecule is COC(=O)[C@@H](N)CNC(=O)c1cccs1.Cl. The number of carbonyl (C=O) groups excluding carboxylic acids is 2. The number of methoxy groups -OCH3 is 1. The van der Waals surface area contributed by atoms with Crippen molar-refractivity contribution >= 4 is 35.6 Å². The minimum Gasteiger partial charge on any atom is -0.468 e. The Hall–Kier alpha value is -1.11. The first-order chi connectivity index (χ1) is 7.15. The molecule has 0 unspecified atom stereocenters. The lowest BCUT2D eigenvalue weighted by molar-refractivity contribution is -0.141. The lowest BCUT2D eigenvalue weighted by atomic mass is 10.3. The van der Waals surface area contributed by atoms with Crippen molar-refractivity contribution < 1.29 is 14.3 Å². The van der Waals surface area contributed by atoms with E-state index in [4.69, 9.17) is 5.73 Å². The summed E-state index contributed by atoms with van der Waals surface area (Å²) in [4.78, 5) is 22.9. The molecule has 1 rings (SSSR count). The zero-order chi connectivity index (χ0) is 11.3. The number of carbonyl (C=O) groups is 2. The summed E-state index contributed by atoms with van der Waals surface area (Å²) < 4.78 is 4.42. The molecule has 5 nitrogen and oxygen atoms in total. The highest BCUT2D eigenvalue weighted by atomic mass is 35.5. The van der Waals surface area contributed by atoms with Crippen molar-refractivity contribution in [2.24, 2.45) is 5.73 Å². The van der Waals surface area contributed by atoms with Gasteiger partial charge >= 0.3 is 5.97 Å². The van der Waals surface area contributed by atoms with Crippen molar-refractivity contribution in [3.63, 3.8) is 0 Å². The summed E-state index contributed by atoms with van der Waals surface area (Å²) in [6.07, 6.45) is 0. The summed E-state index contributed by atoms with van der Waals surface area (Å²) in [5, 5.41) is 4.35. The van der Waals surface area contributed by atoms with E-state index >= 15 is 0 Å². The standard InChI is InChI=1S/C9H12N2O3S.ClH/c1-14-9(13)6(10)5-11-8(12)7-3-2-4-15-7;/h2-4,6H,5,10H2,1H3,(H,11,12);1H/t6-;/m0./s1. The number of amides is 1. The number of halogens is 1. The number of nitrogens with one attached hydrogen (secondary N) is 1. The van der Waals surface area contributed by atoms with Gasteiger partial charge in [-0.15, -0.1) is 23.7 Å². The monoisotopic (exact) mass is 264 g/mol. The zero-order valence-corrected chi connectivity index (χ0v) is 10.3. The number of thiophene rings is 1. The topological polar surface area (TPSA) is 81.4 Å². The second kappa shape index (κ2) is 7.21. The molecule has 7 heteroatoms. The van der Waals surface area contributed by atoms with Crippen LogP contribution in [0.1, 0.15) is 9.67 Å². The number of hydrogen-bond acceptors (Lipinski definition) is 5. The second-order valence-corrected chi connectivity index (χ2v) is 3.76. The fourth-order valence-electron chi connectivity index (χ4n) is 0.932. The molecule has 90 valence electrons. The number of esters is 1. The lowest BCUT2D eigenvalue weighted by Crippen LogP contribution is -2.42. The van der Waals surface area contributed by atoms with E-state index in [9.17, 15) is 9.59 Å². The normalized spacial score (nSPS) is 11.1. The minimum atomic E-state index is -0.820. The summed E-state index contributed by atoms with van der Waals surface area (Å²) in [5.41, 5.74) is 5.44.